The summed E-state index contributed by atoms with van der Waals surface area (Å²) in [5.74, 6) is 0.767. The molecule has 0 unspecified atom stereocenters. The zero-order chi connectivity index (χ0) is 12.1. The summed E-state index contributed by atoms with van der Waals surface area (Å²) in [4.78, 5) is 2.61. The number of benzene rings is 2. The minimum Gasteiger partial charge on any atom is -0.487 e. The molecule has 0 radical (unpaired) electrons. The number of nitrogens with one attached hydrogen (secondary N) is 1. The van der Waals surface area contributed by atoms with Gasteiger partial charge in [-0.2, -0.15) is 0 Å². The Hall–Kier alpha value is -1.67. The molecule has 3 heteroatoms. The molecule has 2 aromatic rings. The number of hydrogen-bond acceptors (Lipinski definition) is 2. The van der Waals surface area contributed by atoms with Gasteiger partial charge in [-0.15, -0.1) is 0 Å². The van der Waals surface area contributed by atoms with Crippen LogP contribution < -0.4 is 9.57 Å². The predicted octanol–water partition coefficient (Wildman–Crippen LogP) is 4.14. The molecule has 2 nitrogen and oxygen atoms in total. The Morgan fingerprint density at radius 1 is 1.12 bits per heavy atom. The summed E-state index contributed by atoms with van der Waals surface area (Å²) in [5, 5.41) is 0. The van der Waals surface area contributed by atoms with Crippen LogP contribution in [0.3, 0.4) is 0 Å². The maximum absolute atomic E-state index is 5.75. The molecule has 2 aromatic carbocycles. The molecule has 17 heavy (non-hydrogen) atoms. The van der Waals surface area contributed by atoms with E-state index in [2.05, 4.69) is 4.84 Å². The van der Waals surface area contributed by atoms with Crippen LogP contribution in [-0.2, 0) is 6.61 Å². The Labute approximate surface area is 106 Å². The molecule has 88 valence electrons. The average Bonchev–Trinajstić information content (AvgIpc) is 2.38. The average molecular weight is 248 g/mol. The molecule has 0 aliphatic rings. The fraction of sp³-hybridized carbons (Fsp3) is 0.143. The van der Waals surface area contributed by atoms with Gasteiger partial charge in [0.2, 0.25) is 0 Å². The lowest BCUT2D eigenvalue weighted by Gasteiger charge is -2.11. The molecule has 1 N–H and O–H groups in total. The van der Waals surface area contributed by atoms with Crippen LogP contribution in [0.5, 0.6) is 5.75 Å². The number of halogens is 1. The molecule has 0 atom stereocenters. The Balaban J connectivity index is 2.11. The topological polar surface area (TPSA) is 21.3 Å². The van der Waals surface area contributed by atoms with Crippen molar-refractivity contribution in [2.45, 2.75) is 13.5 Å². The quantitative estimate of drug-likeness (QED) is 0.820. The van der Waals surface area contributed by atoms with Crippen molar-refractivity contribution in [1.82, 2.24) is 0 Å². The second-order valence-electron chi connectivity index (χ2n) is 3.87. The van der Waals surface area contributed by atoms with E-state index in [0.717, 1.165) is 22.6 Å². The minimum absolute atomic E-state index is 0.538. The molecule has 0 saturated carbocycles. The SMILES string of the molecule is Cc1ccc(NCl)c(OCc2ccccc2)c1. The van der Waals surface area contributed by atoms with Crippen molar-refractivity contribution < 1.29 is 4.74 Å². The van der Waals surface area contributed by atoms with Gasteiger partial charge in [-0.1, -0.05) is 36.4 Å². The highest BCUT2D eigenvalue weighted by Gasteiger charge is 2.03. The first kappa shape index (κ1) is 11.8. The maximum Gasteiger partial charge on any atom is 0.144 e. The first-order valence-electron chi connectivity index (χ1n) is 5.43. The zero-order valence-electron chi connectivity index (χ0n) is 9.61. The van der Waals surface area contributed by atoms with Crippen molar-refractivity contribution in [3.05, 3.63) is 59.7 Å². The summed E-state index contributed by atoms with van der Waals surface area (Å²) in [5.41, 5.74) is 3.06. The fourth-order valence-electron chi connectivity index (χ4n) is 1.56. The van der Waals surface area contributed by atoms with Crippen LogP contribution in [0.4, 0.5) is 5.69 Å². The molecule has 0 heterocycles. The minimum atomic E-state index is 0.538. The third-order valence-corrected chi connectivity index (χ3v) is 2.68. The summed E-state index contributed by atoms with van der Waals surface area (Å²) in [6.07, 6.45) is 0. The Kier molecular flexibility index (Phi) is 3.89. The first-order valence-corrected chi connectivity index (χ1v) is 5.81. The molecular formula is C14H14ClNO. The number of rotatable bonds is 4. The van der Waals surface area contributed by atoms with Gasteiger partial charge in [-0.05, 0) is 30.2 Å². The molecule has 0 bridgehead atoms. The lowest BCUT2D eigenvalue weighted by molar-refractivity contribution is 0.308. The lowest BCUT2D eigenvalue weighted by atomic mass is 10.2. The first-order chi connectivity index (χ1) is 8.29. The van der Waals surface area contributed by atoms with Crippen molar-refractivity contribution in [3.63, 3.8) is 0 Å². The predicted molar refractivity (Wildman–Crippen MR) is 71.4 cm³/mol. The van der Waals surface area contributed by atoms with Crippen LogP contribution in [0.15, 0.2) is 48.5 Å². The van der Waals surface area contributed by atoms with Gasteiger partial charge < -0.3 is 4.74 Å². The Morgan fingerprint density at radius 2 is 1.88 bits per heavy atom. The van der Waals surface area contributed by atoms with Gasteiger partial charge >= 0.3 is 0 Å². The molecule has 0 spiro atoms. The van der Waals surface area contributed by atoms with Crippen LogP contribution in [0, 0.1) is 6.92 Å². The van der Waals surface area contributed by atoms with Crippen molar-refractivity contribution in [3.8, 4) is 5.75 Å². The normalized spacial score (nSPS) is 10.0. The van der Waals surface area contributed by atoms with E-state index in [-0.39, 0.29) is 0 Å². The smallest absolute Gasteiger partial charge is 0.144 e. The van der Waals surface area contributed by atoms with E-state index in [1.165, 1.54) is 0 Å². The van der Waals surface area contributed by atoms with Gasteiger partial charge in [0.05, 0.1) is 5.69 Å². The van der Waals surface area contributed by atoms with E-state index in [1.807, 2.05) is 55.5 Å². The van der Waals surface area contributed by atoms with E-state index < -0.39 is 0 Å². The third-order valence-electron chi connectivity index (χ3n) is 2.48. The zero-order valence-corrected chi connectivity index (χ0v) is 10.4. The van der Waals surface area contributed by atoms with Crippen molar-refractivity contribution in [1.29, 1.82) is 0 Å². The third kappa shape index (κ3) is 3.14. The number of anilines is 1. The largest absolute Gasteiger partial charge is 0.487 e. The molecule has 0 aliphatic heterocycles. The van der Waals surface area contributed by atoms with Gasteiger partial charge in [-0.25, -0.2) is 0 Å². The van der Waals surface area contributed by atoms with Gasteiger partial charge in [0.15, 0.2) is 0 Å². The summed E-state index contributed by atoms with van der Waals surface area (Å²) in [6.45, 7) is 2.56. The second kappa shape index (κ2) is 5.60. The second-order valence-corrected chi connectivity index (χ2v) is 4.06. The van der Waals surface area contributed by atoms with E-state index in [1.54, 1.807) is 0 Å². The van der Waals surface area contributed by atoms with Crippen molar-refractivity contribution in [2.24, 2.45) is 0 Å². The molecule has 0 aliphatic carbocycles. The summed E-state index contributed by atoms with van der Waals surface area (Å²) >= 11 is 5.64. The standard InChI is InChI=1S/C14H14ClNO/c1-11-7-8-13(16-15)14(9-11)17-10-12-5-3-2-4-6-12/h2-9,16H,10H2,1H3. The van der Waals surface area contributed by atoms with Crippen LogP contribution >= 0.6 is 11.8 Å². The van der Waals surface area contributed by atoms with E-state index in [0.29, 0.717) is 6.61 Å². The van der Waals surface area contributed by atoms with Gasteiger partial charge in [0.25, 0.3) is 0 Å². The number of ether oxygens (including phenoxy) is 1. The number of hydrogen-bond donors (Lipinski definition) is 1. The highest BCUT2D eigenvalue weighted by Crippen LogP contribution is 2.27. The van der Waals surface area contributed by atoms with Crippen LogP contribution in [0.25, 0.3) is 0 Å². The van der Waals surface area contributed by atoms with Crippen LogP contribution in [0.2, 0.25) is 0 Å². The summed E-state index contributed by atoms with van der Waals surface area (Å²) < 4.78 is 5.75. The molecule has 0 aromatic heterocycles. The fourth-order valence-corrected chi connectivity index (χ4v) is 1.72. The van der Waals surface area contributed by atoms with Gasteiger partial charge in [-0.3, -0.25) is 4.84 Å². The van der Waals surface area contributed by atoms with Crippen LogP contribution in [0.1, 0.15) is 11.1 Å². The molecule has 2 rings (SSSR count). The monoisotopic (exact) mass is 247 g/mol. The lowest BCUT2D eigenvalue weighted by Crippen LogP contribution is -1.97. The number of aryl methyl sites for hydroxylation is 1. The summed E-state index contributed by atoms with van der Waals surface area (Å²) in [6, 6.07) is 15.9. The van der Waals surface area contributed by atoms with E-state index in [4.69, 9.17) is 16.5 Å². The van der Waals surface area contributed by atoms with Gasteiger partial charge in [0.1, 0.15) is 12.4 Å². The highest BCUT2D eigenvalue weighted by atomic mass is 35.5. The highest BCUT2D eigenvalue weighted by molar-refractivity contribution is 6.24. The van der Waals surface area contributed by atoms with Crippen molar-refractivity contribution in [2.75, 3.05) is 4.84 Å². The molecule has 0 fully saturated rings. The molecule has 0 amide bonds. The Morgan fingerprint density at radius 3 is 2.59 bits per heavy atom. The van der Waals surface area contributed by atoms with Crippen molar-refractivity contribution >= 4 is 17.5 Å². The van der Waals surface area contributed by atoms with E-state index in [9.17, 15) is 0 Å². The molecular weight excluding hydrogens is 234 g/mol. The maximum atomic E-state index is 5.75. The summed E-state index contributed by atoms with van der Waals surface area (Å²) in [7, 11) is 0. The van der Waals surface area contributed by atoms with Crippen LogP contribution in [-0.4, -0.2) is 0 Å². The Bertz CT molecular complexity index is 485. The van der Waals surface area contributed by atoms with Gasteiger partial charge in [0, 0.05) is 11.8 Å². The molecule has 0 saturated heterocycles. The van der Waals surface area contributed by atoms with E-state index >= 15 is 0 Å².